The van der Waals surface area contributed by atoms with Gasteiger partial charge in [-0.1, -0.05) is 6.92 Å². The van der Waals surface area contributed by atoms with Crippen molar-refractivity contribution in [3.05, 3.63) is 39.4 Å². The van der Waals surface area contributed by atoms with E-state index in [1.165, 1.54) is 12.1 Å². The lowest BCUT2D eigenvalue weighted by atomic mass is 10.1. The Morgan fingerprint density at radius 2 is 1.96 bits per heavy atom. The highest BCUT2D eigenvalue weighted by atomic mass is 16.9. The number of carbonyl (C=O) groups is 3. The molecule has 0 saturated heterocycles. The van der Waals surface area contributed by atoms with Crippen LogP contribution in [0.4, 0.5) is 0 Å². The van der Waals surface area contributed by atoms with Crippen molar-refractivity contribution in [2.24, 2.45) is 0 Å². The normalized spacial score (nSPS) is 12.8. The molecule has 0 saturated carbocycles. The van der Waals surface area contributed by atoms with E-state index in [1.54, 1.807) is 13.0 Å². The molecule has 1 aromatic rings. The van der Waals surface area contributed by atoms with E-state index in [2.05, 4.69) is 10.2 Å². The Labute approximate surface area is 142 Å². The van der Waals surface area contributed by atoms with E-state index in [9.17, 15) is 24.5 Å². The lowest BCUT2D eigenvalue weighted by Gasteiger charge is -2.12. The first kappa shape index (κ1) is 18.2. The molecule has 0 atom stereocenters. The first-order valence-corrected chi connectivity index (χ1v) is 7.61. The maximum absolute atomic E-state index is 12.3. The van der Waals surface area contributed by atoms with Gasteiger partial charge in [-0.2, -0.15) is 0 Å². The maximum Gasteiger partial charge on any atom is 0.294 e. The van der Waals surface area contributed by atoms with Crippen LogP contribution in [0.3, 0.4) is 0 Å². The standard InChI is InChI=1S/C15H17N3O7/c1-2-13(19)16-5-7-24-10-3-4-11-12(9-10)15(21)17(14(11)20)6-8-25-18(22)23/h3-4,9H,2,5-8H2,1H3,(H,16,19). The zero-order valence-corrected chi connectivity index (χ0v) is 13.5. The van der Waals surface area contributed by atoms with Crippen LogP contribution in [0.2, 0.25) is 0 Å². The van der Waals surface area contributed by atoms with Gasteiger partial charge in [0.05, 0.1) is 24.2 Å². The molecule has 0 aliphatic carbocycles. The predicted octanol–water partition coefficient (Wildman–Crippen LogP) is 0.396. The Morgan fingerprint density at radius 1 is 1.24 bits per heavy atom. The van der Waals surface area contributed by atoms with Crippen LogP contribution in [0.15, 0.2) is 18.2 Å². The number of rotatable bonds is 9. The third-order valence-electron chi connectivity index (χ3n) is 3.47. The average molecular weight is 351 g/mol. The molecule has 2 rings (SSSR count). The van der Waals surface area contributed by atoms with Crippen LogP contribution in [-0.2, 0) is 9.63 Å². The van der Waals surface area contributed by atoms with Crippen molar-refractivity contribution < 1.29 is 29.0 Å². The van der Waals surface area contributed by atoms with Gasteiger partial charge in [-0.05, 0) is 18.2 Å². The van der Waals surface area contributed by atoms with Crippen molar-refractivity contribution in [2.75, 3.05) is 26.3 Å². The van der Waals surface area contributed by atoms with E-state index in [-0.39, 0.29) is 36.8 Å². The minimum Gasteiger partial charge on any atom is -0.492 e. The highest BCUT2D eigenvalue weighted by Gasteiger charge is 2.35. The van der Waals surface area contributed by atoms with Crippen LogP contribution in [0, 0.1) is 10.1 Å². The summed E-state index contributed by atoms with van der Waals surface area (Å²) >= 11 is 0. The molecule has 0 spiro atoms. The third-order valence-corrected chi connectivity index (χ3v) is 3.47. The highest BCUT2D eigenvalue weighted by Crippen LogP contribution is 2.26. The molecule has 134 valence electrons. The maximum atomic E-state index is 12.3. The van der Waals surface area contributed by atoms with Crippen molar-refractivity contribution in [3.63, 3.8) is 0 Å². The summed E-state index contributed by atoms with van der Waals surface area (Å²) in [7, 11) is 0. The highest BCUT2D eigenvalue weighted by molar-refractivity contribution is 6.21. The number of fused-ring (bicyclic) bond motifs is 1. The summed E-state index contributed by atoms with van der Waals surface area (Å²) in [5, 5.41) is 11.8. The number of imide groups is 1. The van der Waals surface area contributed by atoms with Crippen LogP contribution in [-0.4, -0.2) is 54.0 Å². The summed E-state index contributed by atoms with van der Waals surface area (Å²) < 4.78 is 5.45. The van der Waals surface area contributed by atoms with E-state index in [1.807, 2.05) is 0 Å². The predicted molar refractivity (Wildman–Crippen MR) is 83.6 cm³/mol. The molecule has 0 fully saturated rings. The number of nitrogens with one attached hydrogen (secondary N) is 1. The Bertz CT molecular complexity index is 704. The molecular weight excluding hydrogens is 334 g/mol. The van der Waals surface area contributed by atoms with Crippen LogP contribution >= 0.6 is 0 Å². The fraction of sp³-hybridized carbons (Fsp3) is 0.400. The van der Waals surface area contributed by atoms with Gasteiger partial charge >= 0.3 is 0 Å². The fourth-order valence-corrected chi connectivity index (χ4v) is 2.25. The van der Waals surface area contributed by atoms with Gasteiger partial charge in [0.15, 0.2) is 0 Å². The zero-order chi connectivity index (χ0) is 18.4. The van der Waals surface area contributed by atoms with E-state index < -0.39 is 16.9 Å². The second-order valence-corrected chi connectivity index (χ2v) is 5.08. The van der Waals surface area contributed by atoms with E-state index >= 15 is 0 Å². The number of ether oxygens (including phenoxy) is 1. The molecular formula is C15H17N3O7. The lowest BCUT2D eigenvalue weighted by molar-refractivity contribution is -0.757. The smallest absolute Gasteiger partial charge is 0.294 e. The number of carbonyl (C=O) groups excluding carboxylic acids is 3. The second kappa shape index (κ2) is 8.08. The quantitative estimate of drug-likeness (QED) is 0.295. The van der Waals surface area contributed by atoms with Gasteiger partial charge in [-0.3, -0.25) is 19.3 Å². The molecule has 10 heteroatoms. The molecule has 0 radical (unpaired) electrons. The summed E-state index contributed by atoms with van der Waals surface area (Å²) in [6.07, 6.45) is 0.380. The van der Waals surface area contributed by atoms with Gasteiger partial charge in [-0.25, -0.2) is 0 Å². The lowest BCUT2D eigenvalue weighted by Crippen LogP contribution is -2.33. The second-order valence-electron chi connectivity index (χ2n) is 5.08. The fourth-order valence-electron chi connectivity index (χ4n) is 2.25. The van der Waals surface area contributed by atoms with Crippen LogP contribution in [0.25, 0.3) is 0 Å². The monoisotopic (exact) mass is 351 g/mol. The van der Waals surface area contributed by atoms with Crippen molar-refractivity contribution in [1.82, 2.24) is 10.2 Å². The van der Waals surface area contributed by atoms with Gasteiger partial charge in [-0.15, -0.1) is 10.1 Å². The van der Waals surface area contributed by atoms with Gasteiger partial charge in [0.2, 0.25) is 5.91 Å². The van der Waals surface area contributed by atoms with E-state index in [4.69, 9.17) is 4.74 Å². The van der Waals surface area contributed by atoms with Gasteiger partial charge in [0, 0.05) is 6.42 Å². The number of amides is 3. The molecule has 1 aliphatic rings. The minimum absolute atomic E-state index is 0.0917. The Hall–Kier alpha value is -3.17. The molecule has 0 unspecified atom stereocenters. The third kappa shape index (κ3) is 4.43. The van der Waals surface area contributed by atoms with Crippen LogP contribution < -0.4 is 10.1 Å². The number of hydrogen-bond donors (Lipinski definition) is 1. The topological polar surface area (TPSA) is 128 Å². The largest absolute Gasteiger partial charge is 0.492 e. The summed E-state index contributed by atoms with van der Waals surface area (Å²) in [5.41, 5.74) is 0.374. The summed E-state index contributed by atoms with van der Waals surface area (Å²) in [5.74, 6) is -0.801. The summed E-state index contributed by atoms with van der Waals surface area (Å²) in [6, 6.07) is 4.44. The molecule has 1 heterocycles. The Balaban J connectivity index is 1.96. The Morgan fingerprint density at radius 3 is 2.64 bits per heavy atom. The van der Waals surface area contributed by atoms with Gasteiger partial charge < -0.3 is 14.9 Å². The molecule has 0 aromatic heterocycles. The molecule has 3 amide bonds. The van der Waals surface area contributed by atoms with Crippen LogP contribution in [0.1, 0.15) is 34.1 Å². The first-order valence-electron chi connectivity index (χ1n) is 7.61. The van der Waals surface area contributed by atoms with Crippen molar-refractivity contribution in [3.8, 4) is 5.75 Å². The zero-order valence-electron chi connectivity index (χ0n) is 13.5. The molecule has 25 heavy (non-hydrogen) atoms. The first-order chi connectivity index (χ1) is 11.9. The van der Waals surface area contributed by atoms with Gasteiger partial charge in [0.25, 0.3) is 16.9 Å². The molecule has 10 nitrogen and oxygen atoms in total. The number of nitrogens with zero attached hydrogens (tertiary/aromatic N) is 2. The minimum atomic E-state index is -0.985. The van der Waals surface area contributed by atoms with Crippen molar-refractivity contribution in [2.45, 2.75) is 13.3 Å². The van der Waals surface area contributed by atoms with Crippen molar-refractivity contribution in [1.29, 1.82) is 0 Å². The summed E-state index contributed by atoms with van der Waals surface area (Å²) in [4.78, 5) is 50.7. The average Bonchev–Trinajstić information content (AvgIpc) is 2.82. The van der Waals surface area contributed by atoms with Gasteiger partial charge in [0.1, 0.15) is 19.0 Å². The van der Waals surface area contributed by atoms with E-state index in [0.29, 0.717) is 18.7 Å². The van der Waals surface area contributed by atoms with Crippen LogP contribution in [0.5, 0.6) is 5.75 Å². The summed E-state index contributed by atoms with van der Waals surface area (Å²) in [6.45, 7) is 1.67. The molecule has 1 aromatic carbocycles. The number of hydrogen-bond acceptors (Lipinski definition) is 7. The Kier molecular flexibility index (Phi) is 5.88. The number of benzene rings is 1. The SMILES string of the molecule is CCC(=O)NCCOc1ccc2c(c1)C(=O)N(CCO[N+](=O)[O-])C2=O. The van der Waals surface area contributed by atoms with Crippen molar-refractivity contribution >= 4 is 17.7 Å². The van der Waals surface area contributed by atoms with E-state index in [0.717, 1.165) is 4.90 Å². The molecule has 0 bridgehead atoms. The molecule has 1 aliphatic heterocycles. The molecule has 1 N–H and O–H groups in total.